The number of rotatable bonds is 3. The van der Waals surface area contributed by atoms with Crippen molar-refractivity contribution in [2.24, 2.45) is 0 Å². The summed E-state index contributed by atoms with van der Waals surface area (Å²) in [5.74, 6) is -0.0244. The molecule has 2 aromatic rings. The number of nitrogens with one attached hydrogen (secondary N) is 1. The minimum atomic E-state index is -0.0244. The Hall–Kier alpha value is -2.12. The molecule has 0 spiro atoms. The smallest absolute Gasteiger partial charge is 0.163 e. The molecule has 3 nitrogen and oxygen atoms in total. The molecular formula is C14H12N2OS. The van der Waals surface area contributed by atoms with E-state index in [9.17, 15) is 4.79 Å². The first-order valence-electron chi connectivity index (χ1n) is 5.50. The first kappa shape index (κ1) is 12.3. The predicted molar refractivity (Wildman–Crippen MR) is 73.5 cm³/mol. The van der Waals surface area contributed by atoms with Gasteiger partial charge in [0, 0.05) is 5.69 Å². The Morgan fingerprint density at radius 3 is 2.56 bits per heavy atom. The molecule has 1 aromatic heterocycles. The van der Waals surface area contributed by atoms with Gasteiger partial charge in [0.2, 0.25) is 0 Å². The van der Waals surface area contributed by atoms with Gasteiger partial charge in [-0.2, -0.15) is 5.26 Å². The molecular weight excluding hydrogens is 244 g/mol. The van der Waals surface area contributed by atoms with Crippen LogP contribution in [0.3, 0.4) is 0 Å². The van der Waals surface area contributed by atoms with E-state index >= 15 is 0 Å². The van der Waals surface area contributed by atoms with Gasteiger partial charge in [0.25, 0.3) is 0 Å². The lowest BCUT2D eigenvalue weighted by Crippen LogP contribution is -1.98. The number of hydrogen-bond acceptors (Lipinski definition) is 4. The van der Waals surface area contributed by atoms with Gasteiger partial charge in [0.05, 0.1) is 5.56 Å². The Morgan fingerprint density at radius 2 is 2.00 bits per heavy atom. The molecule has 1 N–H and O–H groups in total. The molecule has 0 fully saturated rings. The summed E-state index contributed by atoms with van der Waals surface area (Å²) >= 11 is 1.32. The first-order chi connectivity index (χ1) is 8.63. The summed E-state index contributed by atoms with van der Waals surface area (Å²) in [5.41, 5.74) is 2.28. The number of nitriles is 1. The van der Waals surface area contributed by atoms with E-state index in [4.69, 9.17) is 5.26 Å². The highest BCUT2D eigenvalue weighted by atomic mass is 32.1. The molecule has 1 heterocycles. The van der Waals surface area contributed by atoms with E-state index in [1.165, 1.54) is 18.3 Å². The van der Waals surface area contributed by atoms with Gasteiger partial charge in [-0.25, -0.2) is 0 Å². The maximum Gasteiger partial charge on any atom is 0.163 e. The van der Waals surface area contributed by atoms with Crippen LogP contribution in [0.15, 0.2) is 30.3 Å². The Balaban J connectivity index is 2.45. The largest absolute Gasteiger partial charge is 0.347 e. The Morgan fingerprint density at radius 1 is 1.33 bits per heavy atom. The second kappa shape index (κ2) is 5.03. The van der Waals surface area contributed by atoms with E-state index in [1.54, 1.807) is 0 Å². The van der Waals surface area contributed by atoms with Crippen molar-refractivity contribution in [3.63, 3.8) is 0 Å². The molecule has 0 aliphatic carbocycles. The molecule has 0 aliphatic heterocycles. The van der Waals surface area contributed by atoms with Crippen LogP contribution in [-0.4, -0.2) is 5.78 Å². The lowest BCUT2D eigenvalue weighted by Gasteiger charge is -2.05. The third-order valence-corrected chi connectivity index (χ3v) is 3.74. The van der Waals surface area contributed by atoms with Crippen molar-refractivity contribution in [3.8, 4) is 6.07 Å². The maximum atomic E-state index is 11.7. The van der Waals surface area contributed by atoms with Crippen molar-refractivity contribution >= 4 is 27.8 Å². The van der Waals surface area contributed by atoms with Crippen molar-refractivity contribution in [1.29, 1.82) is 5.26 Å². The van der Waals surface area contributed by atoms with Crippen molar-refractivity contribution in [2.75, 3.05) is 5.32 Å². The average molecular weight is 256 g/mol. The van der Waals surface area contributed by atoms with E-state index in [0.717, 1.165) is 16.3 Å². The molecule has 0 radical (unpaired) electrons. The van der Waals surface area contributed by atoms with Gasteiger partial charge in [-0.05, 0) is 31.5 Å². The number of hydrogen-bond donors (Lipinski definition) is 1. The standard InChI is InChI=1S/C14H12N2OS/c1-9-12(8-15)18-14(13(9)10(2)17)16-11-6-4-3-5-7-11/h3-7,16H,1-2H3. The van der Waals surface area contributed by atoms with E-state index in [2.05, 4.69) is 11.4 Å². The zero-order valence-corrected chi connectivity index (χ0v) is 11.0. The summed E-state index contributed by atoms with van der Waals surface area (Å²) < 4.78 is 0. The molecule has 4 heteroatoms. The van der Waals surface area contributed by atoms with Gasteiger partial charge in [-0.15, -0.1) is 11.3 Å². The van der Waals surface area contributed by atoms with Gasteiger partial charge in [0.1, 0.15) is 15.9 Å². The normalized spacial score (nSPS) is 9.83. The van der Waals surface area contributed by atoms with Crippen LogP contribution < -0.4 is 5.32 Å². The summed E-state index contributed by atoms with van der Waals surface area (Å²) in [6, 6.07) is 11.7. The van der Waals surface area contributed by atoms with Gasteiger partial charge < -0.3 is 5.32 Å². The van der Waals surface area contributed by atoms with Crippen molar-refractivity contribution in [3.05, 3.63) is 46.3 Å². The number of carbonyl (C=O) groups excluding carboxylic acids is 1. The fourth-order valence-corrected chi connectivity index (χ4v) is 2.86. The molecule has 0 amide bonds. The monoisotopic (exact) mass is 256 g/mol. The lowest BCUT2D eigenvalue weighted by molar-refractivity contribution is 0.101. The fourth-order valence-electron chi connectivity index (χ4n) is 1.78. The number of nitrogens with zero attached hydrogens (tertiary/aromatic N) is 1. The SMILES string of the molecule is CC(=O)c1c(Nc2ccccc2)sc(C#N)c1C. The second-order valence-corrected chi connectivity index (χ2v) is 4.94. The van der Waals surface area contributed by atoms with Crippen LogP contribution >= 0.6 is 11.3 Å². The Kier molecular flexibility index (Phi) is 3.45. The minimum absolute atomic E-state index is 0.0244. The highest BCUT2D eigenvalue weighted by molar-refractivity contribution is 7.17. The van der Waals surface area contributed by atoms with Crippen molar-refractivity contribution < 1.29 is 4.79 Å². The molecule has 1 aromatic carbocycles. The van der Waals surface area contributed by atoms with E-state index in [0.29, 0.717) is 10.4 Å². The van der Waals surface area contributed by atoms with Crippen LogP contribution in [-0.2, 0) is 0 Å². The summed E-state index contributed by atoms with van der Waals surface area (Å²) in [6.45, 7) is 3.33. The van der Waals surface area contributed by atoms with E-state index in [1.807, 2.05) is 37.3 Å². The minimum Gasteiger partial charge on any atom is -0.347 e. The fraction of sp³-hybridized carbons (Fsp3) is 0.143. The molecule has 18 heavy (non-hydrogen) atoms. The van der Waals surface area contributed by atoms with Crippen LogP contribution in [0.25, 0.3) is 0 Å². The Labute approximate surface area is 110 Å². The van der Waals surface area contributed by atoms with Crippen molar-refractivity contribution in [1.82, 2.24) is 0 Å². The summed E-state index contributed by atoms with van der Waals surface area (Å²) in [5, 5.41) is 13.0. The zero-order chi connectivity index (χ0) is 13.1. The van der Waals surface area contributed by atoms with Crippen LogP contribution in [0.2, 0.25) is 0 Å². The maximum absolute atomic E-state index is 11.7. The topological polar surface area (TPSA) is 52.9 Å². The average Bonchev–Trinajstić information content (AvgIpc) is 2.66. The molecule has 0 unspecified atom stereocenters. The highest BCUT2D eigenvalue weighted by Gasteiger charge is 2.18. The second-order valence-electron chi connectivity index (χ2n) is 3.92. The number of thiophene rings is 1. The van der Waals surface area contributed by atoms with Crippen LogP contribution in [0.1, 0.15) is 27.7 Å². The number of ketones is 1. The quantitative estimate of drug-likeness (QED) is 0.848. The third kappa shape index (κ3) is 2.27. The molecule has 90 valence electrons. The summed E-state index contributed by atoms with van der Waals surface area (Å²) in [6.07, 6.45) is 0. The lowest BCUT2D eigenvalue weighted by atomic mass is 10.1. The van der Waals surface area contributed by atoms with Gasteiger partial charge in [-0.3, -0.25) is 4.79 Å². The molecule has 0 bridgehead atoms. The zero-order valence-electron chi connectivity index (χ0n) is 10.2. The molecule has 0 atom stereocenters. The van der Waals surface area contributed by atoms with Gasteiger partial charge in [-0.1, -0.05) is 18.2 Å². The first-order valence-corrected chi connectivity index (χ1v) is 6.31. The third-order valence-electron chi connectivity index (χ3n) is 2.63. The predicted octanol–water partition coefficient (Wildman–Crippen LogP) is 3.87. The number of Topliss-reactive ketones (excluding diaryl/α,β-unsaturated/α-hetero) is 1. The Bertz CT molecular complexity index is 623. The molecule has 0 aliphatic rings. The van der Waals surface area contributed by atoms with Crippen molar-refractivity contribution in [2.45, 2.75) is 13.8 Å². The number of anilines is 2. The summed E-state index contributed by atoms with van der Waals surface area (Å²) in [4.78, 5) is 12.2. The highest BCUT2D eigenvalue weighted by Crippen LogP contribution is 2.34. The number of para-hydroxylation sites is 1. The summed E-state index contributed by atoms with van der Waals surface area (Å²) in [7, 11) is 0. The number of benzene rings is 1. The molecule has 0 saturated heterocycles. The van der Waals surface area contributed by atoms with E-state index < -0.39 is 0 Å². The van der Waals surface area contributed by atoms with Crippen LogP contribution in [0, 0.1) is 18.3 Å². The van der Waals surface area contributed by atoms with Gasteiger partial charge in [0.15, 0.2) is 5.78 Å². The van der Waals surface area contributed by atoms with E-state index in [-0.39, 0.29) is 5.78 Å². The molecule has 2 rings (SSSR count). The van der Waals surface area contributed by atoms with Crippen LogP contribution in [0.5, 0.6) is 0 Å². The molecule has 0 saturated carbocycles. The van der Waals surface area contributed by atoms with Gasteiger partial charge >= 0.3 is 0 Å². The van der Waals surface area contributed by atoms with Crippen LogP contribution in [0.4, 0.5) is 10.7 Å². The number of carbonyl (C=O) groups is 1.